The van der Waals surface area contributed by atoms with Crippen molar-refractivity contribution in [1.82, 2.24) is 4.90 Å². The highest BCUT2D eigenvalue weighted by molar-refractivity contribution is 14.1. The van der Waals surface area contributed by atoms with E-state index in [0.717, 1.165) is 15.0 Å². The number of methoxy groups -OCH3 is 1. The van der Waals surface area contributed by atoms with Crippen LogP contribution in [-0.4, -0.2) is 43.8 Å². The van der Waals surface area contributed by atoms with Crippen LogP contribution in [0.3, 0.4) is 0 Å². The fourth-order valence-electron chi connectivity index (χ4n) is 1.94. The van der Waals surface area contributed by atoms with Crippen molar-refractivity contribution < 1.29 is 14.3 Å². The van der Waals surface area contributed by atoms with E-state index in [1.807, 2.05) is 25.1 Å². The molecule has 1 atom stereocenters. The Labute approximate surface area is 126 Å². The maximum atomic E-state index is 12.2. The number of morpholine rings is 1. The van der Waals surface area contributed by atoms with Crippen molar-refractivity contribution >= 4 is 34.3 Å². The van der Waals surface area contributed by atoms with Crippen molar-refractivity contribution in [2.75, 3.05) is 32.2 Å². The predicted molar refractivity (Wildman–Crippen MR) is 81.7 cm³/mol. The van der Waals surface area contributed by atoms with Crippen molar-refractivity contribution in [1.29, 1.82) is 0 Å². The van der Waals surface area contributed by atoms with E-state index in [-0.39, 0.29) is 12.1 Å². The molecule has 1 N–H and O–H groups in total. The van der Waals surface area contributed by atoms with Crippen LogP contribution < -0.4 is 10.1 Å². The molecule has 1 fully saturated rings. The van der Waals surface area contributed by atoms with Crippen LogP contribution in [-0.2, 0) is 4.74 Å². The second-order valence-electron chi connectivity index (χ2n) is 4.39. The number of ether oxygens (including phenoxy) is 2. The standard InChI is InChI=1S/C13H17IN2O3/c1-9-8-19-6-5-16(9)13(17)15-12-4-3-10(18-2)7-11(12)14/h3-4,7,9H,5-6,8H2,1-2H3,(H,15,17). The van der Waals surface area contributed by atoms with E-state index >= 15 is 0 Å². The van der Waals surface area contributed by atoms with Gasteiger partial charge in [0.05, 0.1) is 32.1 Å². The van der Waals surface area contributed by atoms with E-state index in [9.17, 15) is 4.79 Å². The summed E-state index contributed by atoms with van der Waals surface area (Å²) in [6.07, 6.45) is 0. The molecule has 2 rings (SSSR count). The number of halogens is 1. The first-order chi connectivity index (χ1) is 9.11. The number of anilines is 1. The molecule has 2 amide bonds. The number of benzene rings is 1. The summed E-state index contributed by atoms with van der Waals surface area (Å²) >= 11 is 2.18. The molecule has 0 spiro atoms. The number of nitrogens with one attached hydrogen (secondary N) is 1. The molecule has 0 radical (unpaired) electrons. The molecule has 1 heterocycles. The van der Waals surface area contributed by atoms with Gasteiger partial charge in [0.2, 0.25) is 0 Å². The molecule has 19 heavy (non-hydrogen) atoms. The lowest BCUT2D eigenvalue weighted by atomic mass is 10.2. The average Bonchev–Trinajstić information content (AvgIpc) is 2.41. The minimum absolute atomic E-state index is 0.0844. The molecular weight excluding hydrogens is 359 g/mol. The van der Waals surface area contributed by atoms with Gasteiger partial charge < -0.3 is 19.7 Å². The number of amides is 2. The Hall–Kier alpha value is -1.02. The average molecular weight is 376 g/mol. The highest BCUT2D eigenvalue weighted by atomic mass is 127. The first-order valence-electron chi connectivity index (χ1n) is 6.10. The van der Waals surface area contributed by atoms with Crippen molar-refractivity contribution in [2.45, 2.75) is 13.0 Å². The molecule has 1 aliphatic rings. The maximum absolute atomic E-state index is 12.2. The van der Waals surface area contributed by atoms with Crippen LogP contribution in [0.2, 0.25) is 0 Å². The number of urea groups is 1. The van der Waals surface area contributed by atoms with Gasteiger partial charge in [-0.2, -0.15) is 0 Å². The van der Waals surface area contributed by atoms with E-state index in [4.69, 9.17) is 9.47 Å². The number of hydrogen-bond donors (Lipinski definition) is 1. The molecule has 1 aliphatic heterocycles. The van der Waals surface area contributed by atoms with Gasteiger partial charge in [0.25, 0.3) is 0 Å². The minimum Gasteiger partial charge on any atom is -0.497 e. The predicted octanol–water partition coefficient (Wildman–Crippen LogP) is 2.55. The summed E-state index contributed by atoms with van der Waals surface area (Å²) in [6.45, 7) is 3.79. The number of hydrogen-bond acceptors (Lipinski definition) is 3. The van der Waals surface area contributed by atoms with Gasteiger partial charge in [-0.05, 0) is 47.7 Å². The largest absolute Gasteiger partial charge is 0.497 e. The summed E-state index contributed by atoms with van der Waals surface area (Å²) < 4.78 is 11.4. The van der Waals surface area contributed by atoms with E-state index in [1.54, 1.807) is 12.0 Å². The van der Waals surface area contributed by atoms with Crippen LogP contribution in [0.25, 0.3) is 0 Å². The fraction of sp³-hybridized carbons (Fsp3) is 0.462. The summed E-state index contributed by atoms with van der Waals surface area (Å²) in [6, 6.07) is 5.59. The lowest BCUT2D eigenvalue weighted by molar-refractivity contribution is 0.0221. The maximum Gasteiger partial charge on any atom is 0.322 e. The Morgan fingerprint density at radius 3 is 3.00 bits per heavy atom. The first kappa shape index (κ1) is 14.4. The van der Waals surface area contributed by atoms with E-state index in [1.165, 1.54) is 0 Å². The third-order valence-corrected chi connectivity index (χ3v) is 3.94. The summed E-state index contributed by atoms with van der Waals surface area (Å²) in [5.74, 6) is 0.780. The van der Waals surface area contributed by atoms with Crippen molar-refractivity contribution in [3.63, 3.8) is 0 Å². The molecule has 0 bridgehead atoms. The Balaban J connectivity index is 2.06. The van der Waals surface area contributed by atoms with Crippen LogP contribution in [0, 0.1) is 3.57 Å². The number of nitrogens with zero attached hydrogens (tertiary/aromatic N) is 1. The zero-order valence-corrected chi connectivity index (χ0v) is 13.1. The van der Waals surface area contributed by atoms with Gasteiger partial charge in [0.15, 0.2) is 0 Å². The lowest BCUT2D eigenvalue weighted by Gasteiger charge is -2.33. The van der Waals surface area contributed by atoms with E-state index in [2.05, 4.69) is 27.9 Å². The molecule has 104 valence electrons. The Morgan fingerprint density at radius 1 is 1.58 bits per heavy atom. The van der Waals surface area contributed by atoms with Gasteiger partial charge in [-0.1, -0.05) is 0 Å². The van der Waals surface area contributed by atoms with Crippen LogP contribution in [0.5, 0.6) is 5.75 Å². The first-order valence-corrected chi connectivity index (χ1v) is 7.18. The number of carbonyl (C=O) groups is 1. The summed E-state index contributed by atoms with van der Waals surface area (Å²) in [5, 5.41) is 2.93. The fourth-order valence-corrected chi connectivity index (χ4v) is 2.56. The summed E-state index contributed by atoms with van der Waals surface area (Å²) in [7, 11) is 1.62. The number of rotatable bonds is 2. The van der Waals surface area contributed by atoms with E-state index in [0.29, 0.717) is 19.8 Å². The molecular formula is C13H17IN2O3. The Bertz CT molecular complexity index is 467. The highest BCUT2D eigenvalue weighted by Gasteiger charge is 2.24. The lowest BCUT2D eigenvalue weighted by Crippen LogP contribution is -2.48. The van der Waals surface area contributed by atoms with Crippen molar-refractivity contribution in [3.8, 4) is 5.75 Å². The molecule has 0 saturated carbocycles. The van der Waals surface area contributed by atoms with Gasteiger partial charge >= 0.3 is 6.03 Å². The van der Waals surface area contributed by atoms with Crippen molar-refractivity contribution in [2.24, 2.45) is 0 Å². The smallest absolute Gasteiger partial charge is 0.322 e. The molecule has 0 aromatic heterocycles. The Kier molecular flexibility index (Phi) is 4.87. The van der Waals surface area contributed by atoms with Gasteiger partial charge in [0.1, 0.15) is 5.75 Å². The summed E-state index contributed by atoms with van der Waals surface area (Å²) in [4.78, 5) is 14.0. The molecule has 1 aromatic carbocycles. The molecule has 1 saturated heterocycles. The molecule has 1 aromatic rings. The third kappa shape index (κ3) is 3.50. The SMILES string of the molecule is COc1ccc(NC(=O)N2CCOCC2C)c(I)c1. The van der Waals surface area contributed by atoms with Gasteiger partial charge in [-0.15, -0.1) is 0 Å². The third-order valence-electron chi connectivity index (χ3n) is 3.05. The van der Waals surface area contributed by atoms with Gasteiger partial charge in [0, 0.05) is 10.1 Å². The Morgan fingerprint density at radius 2 is 2.37 bits per heavy atom. The minimum atomic E-state index is -0.0844. The van der Waals surface area contributed by atoms with Crippen LogP contribution in [0.4, 0.5) is 10.5 Å². The summed E-state index contributed by atoms with van der Waals surface area (Å²) in [5.41, 5.74) is 0.796. The second-order valence-corrected chi connectivity index (χ2v) is 5.56. The quantitative estimate of drug-likeness (QED) is 0.808. The topological polar surface area (TPSA) is 50.8 Å². The molecule has 1 unspecified atom stereocenters. The molecule has 6 heteroatoms. The highest BCUT2D eigenvalue weighted by Crippen LogP contribution is 2.24. The van der Waals surface area contributed by atoms with Crippen molar-refractivity contribution in [3.05, 3.63) is 21.8 Å². The van der Waals surface area contributed by atoms with Gasteiger partial charge in [-0.3, -0.25) is 0 Å². The monoisotopic (exact) mass is 376 g/mol. The van der Waals surface area contributed by atoms with Crippen LogP contribution >= 0.6 is 22.6 Å². The normalized spacial score (nSPS) is 19.1. The van der Waals surface area contributed by atoms with Crippen LogP contribution in [0.15, 0.2) is 18.2 Å². The molecule has 5 nitrogen and oxygen atoms in total. The molecule has 0 aliphatic carbocycles. The van der Waals surface area contributed by atoms with Gasteiger partial charge in [-0.25, -0.2) is 4.79 Å². The zero-order valence-electron chi connectivity index (χ0n) is 11.0. The zero-order chi connectivity index (χ0) is 13.8. The number of carbonyl (C=O) groups excluding carboxylic acids is 1. The van der Waals surface area contributed by atoms with Crippen LogP contribution in [0.1, 0.15) is 6.92 Å². The van der Waals surface area contributed by atoms with E-state index < -0.39 is 0 Å². The second kappa shape index (κ2) is 6.42.